The van der Waals surface area contributed by atoms with Gasteiger partial charge in [-0.15, -0.1) is 0 Å². The highest BCUT2D eigenvalue weighted by atomic mass is 79.9. The van der Waals surface area contributed by atoms with E-state index in [2.05, 4.69) is 26.0 Å². The Kier molecular flexibility index (Phi) is 5.78. The van der Waals surface area contributed by atoms with Crippen LogP contribution in [-0.4, -0.2) is 33.1 Å². The molecule has 0 unspecified atom stereocenters. The molecule has 0 fully saturated rings. The number of primary amides is 1. The summed E-state index contributed by atoms with van der Waals surface area (Å²) in [7, 11) is -3.97. The summed E-state index contributed by atoms with van der Waals surface area (Å²) in [6.07, 6.45) is 4.55. The van der Waals surface area contributed by atoms with E-state index in [1.807, 2.05) is 37.3 Å². The average Bonchev–Trinajstić information content (AvgIpc) is 3.41. The van der Waals surface area contributed by atoms with Crippen LogP contribution in [0.1, 0.15) is 21.5 Å². The van der Waals surface area contributed by atoms with Crippen LogP contribution >= 0.6 is 15.9 Å². The third-order valence-corrected chi connectivity index (χ3v) is 7.72. The molecule has 5 aromatic rings. The number of hydrogen-bond donors (Lipinski definition) is 1. The Balaban J connectivity index is 1.71. The van der Waals surface area contributed by atoms with Crippen LogP contribution in [0.3, 0.4) is 0 Å². The molecule has 0 saturated carbocycles. The number of benzene rings is 2. The van der Waals surface area contributed by atoms with Gasteiger partial charge in [0.1, 0.15) is 5.69 Å². The average molecular weight is 550 g/mol. The molecule has 0 bridgehead atoms. The quantitative estimate of drug-likeness (QED) is 0.338. The van der Waals surface area contributed by atoms with Gasteiger partial charge in [-0.1, -0.05) is 48.0 Å². The molecule has 0 radical (unpaired) electrons. The lowest BCUT2D eigenvalue weighted by Crippen LogP contribution is -2.12. The van der Waals surface area contributed by atoms with Crippen molar-refractivity contribution in [2.75, 3.05) is 0 Å². The maximum Gasteiger partial charge on any atom is 0.269 e. The maximum absolute atomic E-state index is 13.5. The van der Waals surface area contributed by atoms with Crippen molar-refractivity contribution in [3.63, 3.8) is 0 Å². The fraction of sp³-hybridized carbons (Fsp3) is 0.0800. The van der Waals surface area contributed by atoms with Gasteiger partial charge in [-0.25, -0.2) is 17.4 Å². The molecule has 2 aromatic carbocycles. The second-order valence-corrected chi connectivity index (χ2v) is 10.9. The van der Waals surface area contributed by atoms with Crippen molar-refractivity contribution >= 4 is 42.9 Å². The molecule has 8 nitrogen and oxygen atoms in total. The van der Waals surface area contributed by atoms with Gasteiger partial charge in [0.2, 0.25) is 0 Å². The van der Waals surface area contributed by atoms with Crippen LogP contribution in [0.25, 0.3) is 22.3 Å². The molecule has 0 aliphatic carbocycles. The summed E-state index contributed by atoms with van der Waals surface area (Å²) in [5.41, 5.74) is 8.75. The van der Waals surface area contributed by atoms with Gasteiger partial charge in [0.15, 0.2) is 5.65 Å². The third-order valence-electron chi connectivity index (χ3n) is 5.63. The molecule has 35 heavy (non-hydrogen) atoms. The van der Waals surface area contributed by atoms with E-state index in [0.29, 0.717) is 22.0 Å². The second-order valence-electron chi connectivity index (χ2n) is 8.12. The number of rotatable bonds is 6. The van der Waals surface area contributed by atoms with Crippen molar-refractivity contribution in [1.82, 2.24) is 18.7 Å². The molecule has 0 atom stereocenters. The molecule has 3 aromatic heterocycles. The van der Waals surface area contributed by atoms with Crippen LogP contribution in [0, 0.1) is 6.92 Å². The Labute approximate surface area is 210 Å². The second kappa shape index (κ2) is 8.79. The van der Waals surface area contributed by atoms with Gasteiger partial charge in [0, 0.05) is 34.0 Å². The number of nitrogens with zero attached hydrogens (tertiary/aromatic N) is 4. The highest BCUT2D eigenvalue weighted by molar-refractivity contribution is 9.10. The zero-order valence-electron chi connectivity index (χ0n) is 18.6. The van der Waals surface area contributed by atoms with E-state index in [0.717, 1.165) is 15.1 Å². The summed E-state index contributed by atoms with van der Waals surface area (Å²) < 4.78 is 30.5. The fourth-order valence-corrected chi connectivity index (χ4v) is 5.56. The van der Waals surface area contributed by atoms with Gasteiger partial charge in [0.05, 0.1) is 17.0 Å². The number of amides is 1. The zero-order valence-corrected chi connectivity index (χ0v) is 21.0. The highest BCUT2D eigenvalue weighted by Gasteiger charge is 2.26. The number of hydrogen-bond acceptors (Lipinski definition) is 5. The SMILES string of the molecule is Cc1ccc(S(=O)(=O)n2cc(-c3nn(Cc4ccccc4)cc3C(N)=O)c3cc(Br)cnc32)cc1. The largest absolute Gasteiger partial charge is 0.365 e. The predicted octanol–water partition coefficient (Wildman–Crippen LogP) is 4.35. The Morgan fingerprint density at radius 3 is 2.46 bits per heavy atom. The maximum atomic E-state index is 13.5. The Morgan fingerprint density at radius 2 is 1.77 bits per heavy atom. The standard InChI is InChI=1S/C25H20BrN5O3S/c1-16-7-9-19(10-8-16)35(33,34)31-15-21(20-11-18(26)12-28-25(20)31)23-22(24(27)32)14-30(29-23)13-17-5-3-2-4-6-17/h2-12,14-15H,13H2,1H3,(H2,27,32). The first-order chi connectivity index (χ1) is 16.7. The van der Waals surface area contributed by atoms with Crippen molar-refractivity contribution in [3.8, 4) is 11.3 Å². The number of aryl methyl sites for hydroxylation is 1. The Morgan fingerprint density at radius 1 is 1.06 bits per heavy atom. The van der Waals surface area contributed by atoms with E-state index in [4.69, 9.17) is 5.73 Å². The molecule has 0 saturated heterocycles. The predicted molar refractivity (Wildman–Crippen MR) is 136 cm³/mol. The van der Waals surface area contributed by atoms with Gasteiger partial charge in [-0.2, -0.15) is 5.10 Å². The first-order valence-electron chi connectivity index (χ1n) is 10.6. The van der Waals surface area contributed by atoms with Crippen LogP contribution in [0.5, 0.6) is 0 Å². The molecule has 2 N–H and O–H groups in total. The minimum Gasteiger partial charge on any atom is -0.365 e. The number of nitrogens with two attached hydrogens (primary N) is 1. The minimum atomic E-state index is -3.97. The molecular formula is C25H20BrN5O3S. The number of carbonyl (C=O) groups is 1. The van der Waals surface area contributed by atoms with Crippen molar-refractivity contribution in [2.24, 2.45) is 5.73 Å². The number of carbonyl (C=O) groups excluding carboxylic acids is 1. The molecule has 176 valence electrons. The number of aromatic nitrogens is 4. The van der Waals surface area contributed by atoms with Gasteiger partial charge >= 0.3 is 0 Å². The highest BCUT2D eigenvalue weighted by Crippen LogP contribution is 2.34. The Hall–Kier alpha value is -3.76. The van der Waals surface area contributed by atoms with Crippen LogP contribution in [-0.2, 0) is 16.6 Å². The molecule has 5 rings (SSSR count). The van der Waals surface area contributed by atoms with Gasteiger partial charge < -0.3 is 5.73 Å². The van der Waals surface area contributed by atoms with Crippen LogP contribution in [0.2, 0.25) is 0 Å². The van der Waals surface area contributed by atoms with Crippen molar-refractivity contribution in [3.05, 3.63) is 100 Å². The summed E-state index contributed by atoms with van der Waals surface area (Å²) in [6, 6.07) is 18.0. The Bertz CT molecular complexity index is 1670. The summed E-state index contributed by atoms with van der Waals surface area (Å²) >= 11 is 3.41. The summed E-state index contributed by atoms with van der Waals surface area (Å²) in [4.78, 5) is 16.8. The normalized spacial score (nSPS) is 11.7. The van der Waals surface area contributed by atoms with Crippen molar-refractivity contribution in [2.45, 2.75) is 18.4 Å². The lowest BCUT2D eigenvalue weighted by atomic mass is 10.1. The zero-order chi connectivity index (χ0) is 24.7. The summed E-state index contributed by atoms with van der Waals surface area (Å²) in [6.45, 7) is 2.30. The number of pyridine rings is 1. The van der Waals surface area contributed by atoms with E-state index in [9.17, 15) is 13.2 Å². The van der Waals surface area contributed by atoms with E-state index in [1.54, 1.807) is 41.2 Å². The topological polar surface area (TPSA) is 113 Å². The summed E-state index contributed by atoms with van der Waals surface area (Å²) in [5.74, 6) is -0.662. The van der Waals surface area contributed by atoms with E-state index < -0.39 is 15.9 Å². The molecule has 1 amide bonds. The van der Waals surface area contributed by atoms with Gasteiger partial charge in [-0.05, 0) is 46.6 Å². The summed E-state index contributed by atoms with van der Waals surface area (Å²) in [5, 5.41) is 5.14. The van der Waals surface area contributed by atoms with E-state index in [1.165, 1.54) is 12.4 Å². The minimum absolute atomic E-state index is 0.126. The first-order valence-corrected chi connectivity index (χ1v) is 12.9. The molecule has 0 aliphatic heterocycles. The molecule has 3 heterocycles. The number of fused-ring (bicyclic) bond motifs is 1. The molecular weight excluding hydrogens is 530 g/mol. The lowest BCUT2D eigenvalue weighted by molar-refractivity contribution is 0.100. The van der Waals surface area contributed by atoms with Crippen LogP contribution in [0.15, 0.2) is 88.6 Å². The molecule has 0 aliphatic rings. The lowest BCUT2D eigenvalue weighted by Gasteiger charge is -2.07. The molecule has 0 spiro atoms. The molecule has 10 heteroatoms. The van der Waals surface area contributed by atoms with Gasteiger partial charge in [-0.3, -0.25) is 9.48 Å². The first kappa shape index (κ1) is 23.0. The van der Waals surface area contributed by atoms with Crippen LogP contribution < -0.4 is 5.73 Å². The third kappa shape index (κ3) is 4.26. The van der Waals surface area contributed by atoms with Crippen molar-refractivity contribution < 1.29 is 13.2 Å². The van der Waals surface area contributed by atoms with Crippen LogP contribution in [0.4, 0.5) is 0 Å². The van der Waals surface area contributed by atoms with Crippen molar-refractivity contribution in [1.29, 1.82) is 0 Å². The monoisotopic (exact) mass is 549 g/mol. The smallest absolute Gasteiger partial charge is 0.269 e. The van der Waals surface area contributed by atoms with E-state index >= 15 is 0 Å². The number of halogens is 1. The van der Waals surface area contributed by atoms with Gasteiger partial charge in [0.25, 0.3) is 15.9 Å². The van der Waals surface area contributed by atoms with E-state index in [-0.39, 0.29) is 21.8 Å². The fourth-order valence-electron chi connectivity index (χ4n) is 3.90.